The number of piperazine rings is 1. The zero-order valence-corrected chi connectivity index (χ0v) is 17.8. The summed E-state index contributed by atoms with van der Waals surface area (Å²) in [7, 11) is 0. The Morgan fingerprint density at radius 3 is 2.42 bits per heavy atom. The SMILES string of the molecule is O=C(Cn1ccc2cc([N+](=O)[O-])ccc21)N1CCN(C(=O)c2cccc(Cl)c2Cl)CC1. The van der Waals surface area contributed by atoms with E-state index in [2.05, 4.69) is 0 Å². The lowest BCUT2D eigenvalue weighted by atomic mass is 10.1. The molecule has 0 unspecified atom stereocenters. The maximum absolute atomic E-state index is 12.8. The molecule has 0 aliphatic carbocycles. The van der Waals surface area contributed by atoms with Crippen LogP contribution in [0.2, 0.25) is 10.0 Å². The Hall–Kier alpha value is -3.10. The standard InChI is InChI=1S/C21H18Cl2N4O4/c22-17-3-1-2-16(20(17)23)21(29)25-10-8-24(9-11-25)19(28)13-26-7-6-14-12-15(27(30)31)4-5-18(14)26/h1-7,12H,8-11,13H2. The molecule has 1 aliphatic heterocycles. The smallest absolute Gasteiger partial charge is 0.270 e. The van der Waals surface area contributed by atoms with Crippen molar-refractivity contribution in [2.75, 3.05) is 26.2 Å². The van der Waals surface area contributed by atoms with E-state index in [0.29, 0.717) is 42.2 Å². The lowest BCUT2D eigenvalue weighted by Gasteiger charge is -2.35. The first kappa shape index (κ1) is 21.1. The van der Waals surface area contributed by atoms with Crippen molar-refractivity contribution >= 4 is 51.6 Å². The average molecular weight is 461 g/mol. The van der Waals surface area contributed by atoms with Gasteiger partial charge < -0.3 is 14.4 Å². The van der Waals surface area contributed by atoms with Gasteiger partial charge in [-0.2, -0.15) is 0 Å². The van der Waals surface area contributed by atoms with Crippen molar-refractivity contribution in [2.45, 2.75) is 6.54 Å². The summed E-state index contributed by atoms with van der Waals surface area (Å²) in [5.74, 6) is -0.290. The molecule has 0 atom stereocenters. The number of halogens is 2. The molecule has 0 radical (unpaired) electrons. The molecule has 4 rings (SSSR count). The molecule has 10 heteroatoms. The van der Waals surface area contributed by atoms with Gasteiger partial charge >= 0.3 is 0 Å². The van der Waals surface area contributed by atoms with E-state index in [0.717, 1.165) is 5.52 Å². The number of nitrogens with zero attached hydrogens (tertiary/aromatic N) is 4. The molecule has 0 saturated carbocycles. The fourth-order valence-corrected chi connectivity index (χ4v) is 4.06. The third kappa shape index (κ3) is 4.22. The summed E-state index contributed by atoms with van der Waals surface area (Å²) in [6.45, 7) is 1.73. The van der Waals surface area contributed by atoms with Gasteiger partial charge in [-0.1, -0.05) is 29.3 Å². The van der Waals surface area contributed by atoms with E-state index in [4.69, 9.17) is 23.2 Å². The first-order valence-electron chi connectivity index (χ1n) is 9.59. The van der Waals surface area contributed by atoms with Gasteiger partial charge in [0.15, 0.2) is 0 Å². The van der Waals surface area contributed by atoms with Crippen LogP contribution in [0, 0.1) is 10.1 Å². The Morgan fingerprint density at radius 1 is 1.00 bits per heavy atom. The minimum Gasteiger partial charge on any atom is -0.338 e. The number of carbonyl (C=O) groups is 2. The van der Waals surface area contributed by atoms with Gasteiger partial charge in [0.2, 0.25) is 5.91 Å². The minimum atomic E-state index is -0.445. The number of hydrogen-bond donors (Lipinski definition) is 0. The molecular weight excluding hydrogens is 443 g/mol. The van der Waals surface area contributed by atoms with Crippen LogP contribution in [0.4, 0.5) is 5.69 Å². The maximum Gasteiger partial charge on any atom is 0.270 e. The number of amides is 2. The molecule has 0 spiro atoms. The van der Waals surface area contributed by atoms with Crippen LogP contribution in [0.3, 0.4) is 0 Å². The first-order chi connectivity index (χ1) is 14.8. The van der Waals surface area contributed by atoms with Gasteiger partial charge in [0, 0.05) is 55.4 Å². The van der Waals surface area contributed by atoms with E-state index >= 15 is 0 Å². The van der Waals surface area contributed by atoms with E-state index in [1.54, 1.807) is 50.9 Å². The highest BCUT2D eigenvalue weighted by atomic mass is 35.5. The van der Waals surface area contributed by atoms with Gasteiger partial charge in [-0.3, -0.25) is 19.7 Å². The van der Waals surface area contributed by atoms with E-state index < -0.39 is 4.92 Å². The van der Waals surface area contributed by atoms with Crippen LogP contribution in [-0.2, 0) is 11.3 Å². The first-order valence-corrected chi connectivity index (χ1v) is 10.3. The fraction of sp³-hybridized carbons (Fsp3) is 0.238. The summed E-state index contributed by atoms with van der Waals surface area (Å²) in [5, 5.41) is 12.2. The molecule has 0 bridgehead atoms. The number of fused-ring (bicyclic) bond motifs is 1. The topological polar surface area (TPSA) is 88.7 Å². The summed E-state index contributed by atoms with van der Waals surface area (Å²) < 4.78 is 1.77. The normalized spacial score (nSPS) is 14.1. The number of carbonyl (C=O) groups excluding carboxylic acids is 2. The van der Waals surface area contributed by atoms with Crippen molar-refractivity contribution in [3.05, 3.63) is 74.4 Å². The molecule has 1 fully saturated rings. The molecule has 2 amide bonds. The van der Waals surface area contributed by atoms with E-state index in [-0.39, 0.29) is 29.1 Å². The fourth-order valence-electron chi connectivity index (χ4n) is 3.68. The maximum atomic E-state index is 12.8. The second-order valence-electron chi connectivity index (χ2n) is 7.22. The van der Waals surface area contributed by atoms with Gasteiger partial charge in [-0.25, -0.2) is 0 Å². The number of nitro groups is 1. The van der Waals surface area contributed by atoms with Crippen molar-refractivity contribution in [3.8, 4) is 0 Å². The Balaban J connectivity index is 1.39. The van der Waals surface area contributed by atoms with Gasteiger partial charge in [-0.05, 0) is 24.3 Å². The third-order valence-electron chi connectivity index (χ3n) is 5.37. The Labute approximate surface area is 187 Å². The number of aromatic nitrogens is 1. The van der Waals surface area contributed by atoms with Crippen LogP contribution in [0.1, 0.15) is 10.4 Å². The highest BCUT2D eigenvalue weighted by Gasteiger charge is 2.26. The van der Waals surface area contributed by atoms with E-state index in [1.165, 1.54) is 12.1 Å². The van der Waals surface area contributed by atoms with Crippen LogP contribution in [0.5, 0.6) is 0 Å². The largest absolute Gasteiger partial charge is 0.338 e. The molecule has 8 nitrogen and oxygen atoms in total. The minimum absolute atomic E-state index is 0.0113. The second kappa shape index (κ2) is 8.56. The Kier molecular flexibility index (Phi) is 5.84. The predicted molar refractivity (Wildman–Crippen MR) is 118 cm³/mol. The lowest BCUT2D eigenvalue weighted by Crippen LogP contribution is -2.51. The number of non-ortho nitro benzene ring substituents is 1. The summed E-state index contributed by atoms with van der Waals surface area (Å²) in [6, 6.07) is 11.2. The van der Waals surface area contributed by atoms with E-state index in [9.17, 15) is 19.7 Å². The van der Waals surface area contributed by atoms with Crippen LogP contribution in [-0.4, -0.2) is 57.3 Å². The zero-order valence-electron chi connectivity index (χ0n) is 16.3. The average Bonchev–Trinajstić information content (AvgIpc) is 3.17. The molecule has 0 N–H and O–H groups in total. The second-order valence-corrected chi connectivity index (χ2v) is 8.00. The Bertz CT molecular complexity index is 1190. The molecule has 1 saturated heterocycles. The molecule has 1 aliphatic rings. The molecule has 2 aromatic carbocycles. The third-order valence-corrected chi connectivity index (χ3v) is 6.19. The zero-order chi connectivity index (χ0) is 22.1. The number of benzene rings is 2. The highest BCUT2D eigenvalue weighted by Crippen LogP contribution is 2.27. The van der Waals surface area contributed by atoms with Crippen LogP contribution >= 0.6 is 23.2 Å². The molecule has 160 valence electrons. The number of rotatable bonds is 4. The summed E-state index contributed by atoms with van der Waals surface area (Å²) in [5.41, 5.74) is 1.11. The number of nitro benzene ring substituents is 1. The van der Waals surface area contributed by atoms with Gasteiger partial charge in [0.05, 0.1) is 20.5 Å². The lowest BCUT2D eigenvalue weighted by molar-refractivity contribution is -0.384. The molecule has 2 heterocycles. The predicted octanol–water partition coefficient (Wildman–Crippen LogP) is 3.84. The quantitative estimate of drug-likeness (QED) is 0.436. The summed E-state index contributed by atoms with van der Waals surface area (Å²) in [4.78, 5) is 39.4. The summed E-state index contributed by atoms with van der Waals surface area (Å²) in [6.07, 6.45) is 1.74. The van der Waals surface area contributed by atoms with Crippen LogP contribution < -0.4 is 0 Å². The molecule has 3 aromatic rings. The molecular formula is C21H18Cl2N4O4. The molecule has 1 aromatic heterocycles. The van der Waals surface area contributed by atoms with Crippen molar-refractivity contribution in [2.24, 2.45) is 0 Å². The van der Waals surface area contributed by atoms with Gasteiger partial charge in [0.1, 0.15) is 6.54 Å². The van der Waals surface area contributed by atoms with Gasteiger partial charge in [-0.15, -0.1) is 0 Å². The van der Waals surface area contributed by atoms with E-state index in [1.807, 2.05) is 0 Å². The van der Waals surface area contributed by atoms with Crippen molar-refractivity contribution < 1.29 is 14.5 Å². The van der Waals surface area contributed by atoms with Crippen LogP contribution in [0.15, 0.2) is 48.7 Å². The highest BCUT2D eigenvalue weighted by molar-refractivity contribution is 6.43. The number of hydrogen-bond acceptors (Lipinski definition) is 4. The van der Waals surface area contributed by atoms with Crippen LogP contribution in [0.25, 0.3) is 10.9 Å². The summed E-state index contributed by atoms with van der Waals surface area (Å²) >= 11 is 12.2. The molecule has 31 heavy (non-hydrogen) atoms. The monoisotopic (exact) mass is 460 g/mol. The van der Waals surface area contributed by atoms with Crippen molar-refractivity contribution in [1.82, 2.24) is 14.4 Å². The Morgan fingerprint density at radius 2 is 1.71 bits per heavy atom. The van der Waals surface area contributed by atoms with Crippen molar-refractivity contribution in [3.63, 3.8) is 0 Å². The van der Waals surface area contributed by atoms with Crippen molar-refractivity contribution in [1.29, 1.82) is 0 Å². The van der Waals surface area contributed by atoms with Gasteiger partial charge in [0.25, 0.3) is 11.6 Å².